The van der Waals surface area contributed by atoms with Crippen LogP contribution in [-0.2, 0) is 6.42 Å². The summed E-state index contributed by atoms with van der Waals surface area (Å²) in [6.45, 7) is 0.598. The summed E-state index contributed by atoms with van der Waals surface area (Å²) in [5.41, 5.74) is 1.80. The van der Waals surface area contributed by atoms with E-state index in [2.05, 4.69) is 10.1 Å². The molecule has 1 N–H and O–H groups in total. The SMILES string of the molecule is O=C(Nc1ccc(OC(F)(F)F)cc1)c1ccc2c(c1)CCO2. The molecule has 1 amide bonds. The summed E-state index contributed by atoms with van der Waals surface area (Å²) in [7, 11) is 0. The van der Waals surface area contributed by atoms with E-state index in [0.29, 0.717) is 17.9 Å². The number of hydrogen-bond acceptors (Lipinski definition) is 3. The molecule has 0 bridgehead atoms. The molecular formula is C16H12F3NO3. The highest BCUT2D eigenvalue weighted by Gasteiger charge is 2.30. The molecule has 0 radical (unpaired) electrons. The van der Waals surface area contributed by atoms with Gasteiger partial charge in [0.05, 0.1) is 6.61 Å². The largest absolute Gasteiger partial charge is 0.573 e. The molecule has 0 spiro atoms. The Labute approximate surface area is 129 Å². The van der Waals surface area contributed by atoms with Crippen LogP contribution in [0.1, 0.15) is 15.9 Å². The van der Waals surface area contributed by atoms with E-state index < -0.39 is 6.36 Å². The number of amides is 1. The van der Waals surface area contributed by atoms with Crippen molar-refractivity contribution in [1.29, 1.82) is 0 Å². The first-order valence-corrected chi connectivity index (χ1v) is 6.84. The summed E-state index contributed by atoms with van der Waals surface area (Å²) in [6.07, 6.45) is -3.99. The third-order valence-corrected chi connectivity index (χ3v) is 3.30. The Hall–Kier alpha value is -2.70. The lowest BCUT2D eigenvalue weighted by molar-refractivity contribution is -0.274. The van der Waals surface area contributed by atoms with E-state index in [4.69, 9.17) is 4.74 Å². The van der Waals surface area contributed by atoms with Gasteiger partial charge in [0.2, 0.25) is 0 Å². The quantitative estimate of drug-likeness (QED) is 0.935. The molecular weight excluding hydrogens is 311 g/mol. The number of rotatable bonds is 3. The van der Waals surface area contributed by atoms with E-state index in [0.717, 1.165) is 29.9 Å². The number of hydrogen-bond donors (Lipinski definition) is 1. The number of alkyl halides is 3. The first-order valence-electron chi connectivity index (χ1n) is 6.84. The Morgan fingerprint density at radius 1 is 1.13 bits per heavy atom. The number of halogens is 3. The summed E-state index contributed by atoms with van der Waals surface area (Å²) in [5.74, 6) is 0.0876. The fraction of sp³-hybridized carbons (Fsp3) is 0.188. The van der Waals surface area contributed by atoms with Gasteiger partial charge in [-0.3, -0.25) is 4.79 Å². The minimum absolute atomic E-state index is 0.342. The van der Waals surface area contributed by atoms with Crippen LogP contribution in [0.15, 0.2) is 42.5 Å². The standard InChI is InChI=1S/C16H12F3NO3/c17-16(18,19)23-13-4-2-12(3-5-13)20-15(21)11-1-6-14-10(9-11)7-8-22-14/h1-6,9H,7-8H2,(H,20,21). The molecule has 1 aliphatic rings. The minimum atomic E-state index is -4.74. The number of fused-ring (bicyclic) bond motifs is 1. The molecule has 0 saturated carbocycles. The van der Waals surface area contributed by atoms with Crippen molar-refractivity contribution >= 4 is 11.6 Å². The van der Waals surface area contributed by atoms with Crippen molar-refractivity contribution in [2.45, 2.75) is 12.8 Å². The van der Waals surface area contributed by atoms with Crippen LogP contribution < -0.4 is 14.8 Å². The van der Waals surface area contributed by atoms with Crippen LogP contribution in [0.4, 0.5) is 18.9 Å². The Balaban J connectivity index is 1.68. The maximum absolute atomic E-state index is 12.2. The van der Waals surface area contributed by atoms with Crippen LogP contribution >= 0.6 is 0 Å². The van der Waals surface area contributed by atoms with Crippen LogP contribution in [0.2, 0.25) is 0 Å². The van der Waals surface area contributed by atoms with Crippen molar-refractivity contribution in [2.24, 2.45) is 0 Å². The fourth-order valence-electron chi connectivity index (χ4n) is 2.27. The van der Waals surface area contributed by atoms with Gasteiger partial charge in [-0.25, -0.2) is 0 Å². The lowest BCUT2D eigenvalue weighted by atomic mass is 10.1. The van der Waals surface area contributed by atoms with Crippen LogP contribution in [-0.4, -0.2) is 18.9 Å². The average molecular weight is 323 g/mol. The Bertz CT molecular complexity index is 726. The molecule has 0 saturated heterocycles. The molecule has 0 aromatic heterocycles. The van der Waals surface area contributed by atoms with Crippen LogP contribution in [0.3, 0.4) is 0 Å². The monoisotopic (exact) mass is 323 g/mol. The highest BCUT2D eigenvalue weighted by molar-refractivity contribution is 6.04. The zero-order valence-corrected chi connectivity index (χ0v) is 11.8. The third kappa shape index (κ3) is 3.74. The van der Waals surface area contributed by atoms with Gasteiger partial charge in [0.1, 0.15) is 11.5 Å². The Kier molecular flexibility index (Phi) is 3.85. The topological polar surface area (TPSA) is 47.6 Å². The minimum Gasteiger partial charge on any atom is -0.493 e. The number of anilines is 1. The number of carbonyl (C=O) groups excluding carboxylic acids is 1. The smallest absolute Gasteiger partial charge is 0.493 e. The number of benzene rings is 2. The van der Waals surface area contributed by atoms with Crippen molar-refractivity contribution in [3.63, 3.8) is 0 Å². The fourth-order valence-corrected chi connectivity index (χ4v) is 2.27. The van der Waals surface area contributed by atoms with Gasteiger partial charge in [0.25, 0.3) is 5.91 Å². The molecule has 1 aliphatic heterocycles. The lowest BCUT2D eigenvalue weighted by Crippen LogP contribution is -2.17. The molecule has 2 aromatic carbocycles. The molecule has 2 aromatic rings. The first-order chi connectivity index (χ1) is 10.9. The molecule has 23 heavy (non-hydrogen) atoms. The predicted molar refractivity (Wildman–Crippen MR) is 76.7 cm³/mol. The normalized spacial score (nSPS) is 13.2. The first kappa shape index (κ1) is 15.2. The number of carbonyl (C=O) groups is 1. The van der Waals surface area contributed by atoms with Gasteiger partial charge >= 0.3 is 6.36 Å². The van der Waals surface area contributed by atoms with Crippen molar-refractivity contribution in [2.75, 3.05) is 11.9 Å². The maximum Gasteiger partial charge on any atom is 0.573 e. The van der Waals surface area contributed by atoms with Crippen molar-refractivity contribution in [3.8, 4) is 11.5 Å². The van der Waals surface area contributed by atoms with Gasteiger partial charge in [-0.15, -0.1) is 13.2 Å². The van der Waals surface area contributed by atoms with Crippen LogP contribution in [0.25, 0.3) is 0 Å². The number of nitrogens with one attached hydrogen (secondary N) is 1. The van der Waals surface area contributed by atoms with Crippen molar-refractivity contribution in [1.82, 2.24) is 0 Å². The van der Waals surface area contributed by atoms with Gasteiger partial charge in [-0.2, -0.15) is 0 Å². The van der Waals surface area contributed by atoms with Crippen molar-refractivity contribution < 1.29 is 27.4 Å². The van der Waals surface area contributed by atoms with E-state index in [9.17, 15) is 18.0 Å². The van der Waals surface area contributed by atoms with E-state index >= 15 is 0 Å². The average Bonchev–Trinajstić information content (AvgIpc) is 2.95. The summed E-state index contributed by atoms with van der Waals surface area (Å²) in [6, 6.07) is 10.1. The van der Waals surface area contributed by atoms with Gasteiger partial charge in [-0.1, -0.05) is 0 Å². The van der Waals surface area contributed by atoms with Gasteiger partial charge in [0, 0.05) is 17.7 Å². The molecule has 7 heteroatoms. The molecule has 0 unspecified atom stereocenters. The molecule has 4 nitrogen and oxygen atoms in total. The van der Waals surface area contributed by atoms with E-state index in [-0.39, 0.29) is 11.7 Å². The molecule has 1 heterocycles. The highest BCUT2D eigenvalue weighted by Crippen LogP contribution is 2.27. The molecule has 0 atom stereocenters. The predicted octanol–water partition coefficient (Wildman–Crippen LogP) is 3.77. The Morgan fingerprint density at radius 2 is 1.87 bits per heavy atom. The lowest BCUT2D eigenvalue weighted by Gasteiger charge is -2.10. The zero-order chi connectivity index (χ0) is 16.4. The van der Waals surface area contributed by atoms with Crippen LogP contribution in [0, 0.1) is 0 Å². The maximum atomic E-state index is 12.2. The van der Waals surface area contributed by atoms with E-state index in [1.54, 1.807) is 18.2 Å². The number of ether oxygens (including phenoxy) is 2. The summed E-state index contributed by atoms with van der Waals surface area (Å²) in [4.78, 5) is 12.2. The second-order valence-corrected chi connectivity index (χ2v) is 4.95. The van der Waals surface area contributed by atoms with Crippen LogP contribution in [0.5, 0.6) is 11.5 Å². The van der Waals surface area contributed by atoms with E-state index in [1.165, 1.54) is 12.1 Å². The summed E-state index contributed by atoms with van der Waals surface area (Å²) in [5, 5.41) is 2.62. The molecule has 120 valence electrons. The second-order valence-electron chi connectivity index (χ2n) is 4.95. The Morgan fingerprint density at radius 3 is 2.57 bits per heavy atom. The third-order valence-electron chi connectivity index (χ3n) is 3.30. The van der Waals surface area contributed by atoms with E-state index in [1.807, 2.05) is 0 Å². The van der Waals surface area contributed by atoms with Crippen molar-refractivity contribution in [3.05, 3.63) is 53.6 Å². The highest BCUT2D eigenvalue weighted by atomic mass is 19.4. The van der Waals surface area contributed by atoms with Gasteiger partial charge in [-0.05, 0) is 48.0 Å². The van der Waals surface area contributed by atoms with Gasteiger partial charge < -0.3 is 14.8 Å². The second kappa shape index (κ2) is 5.83. The van der Waals surface area contributed by atoms with Gasteiger partial charge in [0.15, 0.2) is 0 Å². The molecule has 3 rings (SSSR count). The molecule has 0 fully saturated rings. The summed E-state index contributed by atoms with van der Waals surface area (Å²) >= 11 is 0. The zero-order valence-electron chi connectivity index (χ0n) is 11.8. The molecule has 0 aliphatic carbocycles. The summed E-state index contributed by atoms with van der Waals surface area (Å²) < 4.78 is 45.4.